The molecule has 4 aliphatic rings. The van der Waals surface area contributed by atoms with Gasteiger partial charge < -0.3 is 5.11 Å². The summed E-state index contributed by atoms with van der Waals surface area (Å²) in [4.78, 5) is 25.5. The summed E-state index contributed by atoms with van der Waals surface area (Å²) >= 11 is 0. The van der Waals surface area contributed by atoms with E-state index in [0.717, 1.165) is 44.9 Å². The summed E-state index contributed by atoms with van der Waals surface area (Å²) in [5.74, 6) is 2.48. The maximum absolute atomic E-state index is 13.3. The molecule has 0 aromatic rings. The van der Waals surface area contributed by atoms with Crippen LogP contribution in [0.15, 0.2) is 0 Å². The molecule has 0 aromatic heterocycles. The summed E-state index contributed by atoms with van der Waals surface area (Å²) in [6, 6.07) is 0. The van der Waals surface area contributed by atoms with Crippen LogP contribution in [-0.4, -0.2) is 22.8 Å². The van der Waals surface area contributed by atoms with Crippen LogP contribution in [0.3, 0.4) is 0 Å². The molecule has 4 rings (SSSR count). The first-order valence-electron chi connectivity index (χ1n) is 9.98. The van der Waals surface area contributed by atoms with Gasteiger partial charge in [-0.05, 0) is 80.5 Å². The molecular formula is C21H32O3. The molecule has 0 saturated heterocycles. The Morgan fingerprint density at radius 2 is 1.83 bits per heavy atom. The van der Waals surface area contributed by atoms with Gasteiger partial charge in [0.15, 0.2) is 0 Å². The Kier molecular flexibility index (Phi) is 3.77. The van der Waals surface area contributed by atoms with Crippen molar-refractivity contribution in [3.8, 4) is 0 Å². The fraction of sp³-hybridized carbons (Fsp3) is 0.905. The van der Waals surface area contributed by atoms with Crippen LogP contribution in [0.4, 0.5) is 0 Å². The molecule has 24 heavy (non-hydrogen) atoms. The lowest BCUT2D eigenvalue weighted by atomic mass is 9.44. The summed E-state index contributed by atoms with van der Waals surface area (Å²) in [6.45, 7) is 6.28. The third kappa shape index (κ3) is 2.12. The molecule has 3 nitrogen and oxygen atoms in total. The van der Waals surface area contributed by atoms with Gasteiger partial charge in [-0.1, -0.05) is 13.8 Å². The fourth-order valence-electron chi connectivity index (χ4n) is 7.72. The number of rotatable bonds is 1. The standard InChI is InChI=1S/C21H32O3/c1-12(22)16-6-7-17-15-5-4-13-10-14(23)8-9-20(13,2)19(15)18(24)11-21(16,17)3/h13-17,19,23H,4-11H2,1-3H3/t13-,14-,15-,16+,17-,19+,20-,21+/m0/s1. The van der Waals surface area contributed by atoms with E-state index in [9.17, 15) is 14.7 Å². The van der Waals surface area contributed by atoms with Gasteiger partial charge in [0.2, 0.25) is 0 Å². The van der Waals surface area contributed by atoms with E-state index >= 15 is 0 Å². The number of fused-ring (bicyclic) bond motifs is 5. The molecule has 1 N–H and O–H groups in total. The summed E-state index contributed by atoms with van der Waals surface area (Å²) in [6.07, 6.45) is 7.53. The highest BCUT2D eigenvalue weighted by atomic mass is 16.3. The van der Waals surface area contributed by atoms with E-state index in [2.05, 4.69) is 13.8 Å². The Labute approximate surface area is 145 Å². The van der Waals surface area contributed by atoms with E-state index in [1.165, 1.54) is 0 Å². The first kappa shape index (κ1) is 16.8. The Hall–Kier alpha value is -0.700. The monoisotopic (exact) mass is 332 g/mol. The fourth-order valence-corrected chi connectivity index (χ4v) is 7.72. The summed E-state index contributed by atoms with van der Waals surface area (Å²) in [5.41, 5.74) is -0.0175. The second kappa shape index (κ2) is 5.40. The smallest absolute Gasteiger partial charge is 0.137 e. The topological polar surface area (TPSA) is 54.4 Å². The number of hydrogen-bond acceptors (Lipinski definition) is 3. The molecule has 0 amide bonds. The zero-order chi connectivity index (χ0) is 17.3. The van der Waals surface area contributed by atoms with Gasteiger partial charge in [-0.15, -0.1) is 0 Å². The van der Waals surface area contributed by atoms with E-state index in [1.54, 1.807) is 6.92 Å². The zero-order valence-corrected chi connectivity index (χ0v) is 15.4. The van der Waals surface area contributed by atoms with Gasteiger partial charge in [0.25, 0.3) is 0 Å². The minimum absolute atomic E-state index is 0.0782. The summed E-state index contributed by atoms with van der Waals surface area (Å²) in [7, 11) is 0. The molecule has 0 aliphatic heterocycles. The predicted octanol–water partition coefficient (Wildman–Crippen LogP) is 3.77. The van der Waals surface area contributed by atoms with Crippen molar-refractivity contribution < 1.29 is 14.7 Å². The van der Waals surface area contributed by atoms with Crippen LogP contribution in [0.5, 0.6) is 0 Å². The van der Waals surface area contributed by atoms with E-state index in [1.807, 2.05) is 0 Å². The van der Waals surface area contributed by atoms with Crippen LogP contribution >= 0.6 is 0 Å². The van der Waals surface area contributed by atoms with Crippen molar-refractivity contribution in [1.29, 1.82) is 0 Å². The van der Waals surface area contributed by atoms with Gasteiger partial charge in [-0.2, -0.15) is 0 Å². The summed E-state index contributed by atoms with van der Waals surface area (Å²) in [5, 5.41) is 10.1. The van der Waals surface area contributed by atoms with Crippen LogP contribution in [0, 0.1) is 40.4 Å². The quantitative estimate of drug-likeness (QED) is 0.795. The van der Waals surface area contributed by atoms with Crippen LogP contribution in [0.2, 0.25) is 0 Å². The number of Topliss-reactive ketones (excluding diaryl/α,β-unsaturated/α-hetero) is 2. The van der Waals surface area contributed by atoms with Gasteiger partial charge >= 0.3 is 0 Å². The van der Waals surface area contributed by atoms with E-state index in [4.69, 9.17) is 0 Å². The maximum atomic E-state index is 13.3. The number of carbonyl (C=O) groups is 2. The molecule has 4 aliphatic carbocycles. The van der Waals surface area contributed by atoms with Crippen LogP contribution in [0.25, 0.3) is 0 Å². The maximum Gasteiger partial charge on any atom is 0.137 e. The van der Waals surface area contributed by atoms with Crippen LogP contribution in [0.1, 0.15) is 72.1 Å². The molecule has 0 heterocycles. The van der Waals surface area contributed by atoms with E-state index in [-0.39, 0.29) is 34.6 Å². The van der Waals surface area contributed by atoms with Crippen molar-refractivity contribution in [2.24, 2.45) is 40.4 Å². The number of ketones is 2. The molecule has 0 aromatic carbocycles. The van der Waals surface area contributed by atoms with E-state index in [0.29, 0.717) is 30.0 Å². The second-order valence-corrected chi connectivity index (χ2v) is 9.85. The third-order valence-electron chi connectivity index (χ3n) is 8.81. The largest absolute Gasteiger partial charge is 0.393 e. The van der Waals surface area contributed by atoms with Crippen LogP contribution < -0.4 is 0 Å². The highest BCUT2D eigenvalue weighted by molar-refractivity contribution is 5.87. The number of aliphatic hydroxyl groups excluding tert-OH is 1. The summed E-state index contributed by atoms with van der Waals surface area (Å²) < 4.78 is 0. The van der Waals surface area contributed by atoms with Crippen molar-refractivity contribution in [2.75, 3.05) is 0 Å². The first-order chi connectivity index (χ1) is 11.3. The normalized spacial score (nSPS) is 53.9. The predicted molar refractivity (Wildman–Crippen MR) is 92.3 cm³/mol. The highest BCUT2D eigenvalue weighted by Crippen LogP contribution is 2.66. The molecule has 0 spiro atoms. The van der Waals surface area contributed by atoms with Gasteiger partial charge in [0, 0.05) is 18.3 Å². The minimum Gasteiger partial charge on any atom is -0.393 e. The Morgan fingerprint density at radius 1 is 1.08 bits per heavy atom. The lowest BCUT2D eigenvalue weighted by molar-refractivity contribution is -0.162. The minimum atomic E-state index is -0.169. The molecule has 0 radical (unpaired) electrons. The van der Waals surface area contributed by atoms with Crippen molar-refractivity contribution in [1.82, 2.24) is 0 Å². The van der Waals surface area contributed by atoms with Crippen molar-refractivity contribution in [2.45, 2.75) is 78.2 Å². The van der Waals surface area contributed by atoms with Gasteiger partial charge in [0.05, 0.1) is 6.10 Å². The first-order valence-corrected chi connectivity index (χ1v) is 9.98. The molecule has 0 bridgehead atoms. The highest BCUT2D eigenvalue weighted by Gasteiger charge is 2.63. The molecule has 4 fully saturated rings. The van der Waals surface area contributed by atoms with Gasteiger partial charge in [-0.25, -0.2) is 0 Å². The molecule has 3 heteroatoms. The van der Waals surface area contributed by atoms with Crippen molar-refractivity contribution in [3.05, 3.63) is 0 Å². The second-order valence-electron chi connectivity index (χ2n) is 9.85. The third-order valence-corrected chi connectivity index (χ3v) is 8.81. The zero-order valence-electron chi connectivity index (χ0n) is 15.4. The Bertz CT molecular complexity index is 569. The van der Waals surface area contributed by atoms with Crippen LogP contribution in [-0.2, 0) is 9.59 Å². The van der Waals surface area contributed by atoms with Gasteiger partial charge in [-0.3, -0.25) is 9.59 Å². The molecule has 8 atom stereocenters. The lowest BCUT2D eigenvalue weighted by Gasteiger charge is -2.59. The molecular weight excluding hydrogens is 300 g/mol. The van der Waals surface area contributed by atoms with Gasteiger partial charge in [0.1, 0.15) is 11.6 Å². The molecule has 4 saturated carbocycles. The molecule has 134 valence electrons. The number of hydrogen-bond donors (Lipinski definition) is 1. The average molecular weight is 332 g/mol. The lowest BCUT2D eigenvalue weighted by Crippen LogP contribution is -2.58. The van der Waals surface area contributed by atoms with E-state index < -0.39 is 0 Å². The Balaban J connectivity index is 1.68. The number of carbonyl (C=O) groups excluding carboxylic acids is 2. The van der Waals surface area contributed by atoms with Crippen molar-refractivity contribution in [3.63, 3.8) is 0 Å². The van der Waals surface area contributed by atoms with Crippen molar-refractivity contribution >= 4 is 11.6 Å². The Morgan fingerprint density at radius 3 is 2.54 bits per heavy atom. The number of aliphatic hydroxyl groups is 1. The average Bonchev–Trinajstić information content (AvgIpc) is 2.84. The SMILES string of the molecule is CC(=O)[C@H]1CC[C@H]2[C@@H]3CC[C@H]4C[C@@H](O)CC[C@]4(C)[C@H]3C(=O)C[C@]12C. The molecule has 0 unspecified atom stereocenters.